The molecule has 1 aromatic carbocycles. The molecule has 5 aromatic rings. The first-order valence-corrected chi connectivity index (χ1v) is 15.4. The molecular weight excluding hydrogens is 578 g/mol. The van der Waals surface area contributed by atoms with E-state index in [1.165, 1.54) is 0 Å². The fourth-order valence-electron chi connectivity index (χ4n) is 6.09. The average molecular weight is 616 g/mol. The van der Waals surface area contributed by atoms with Gasteiger partial charge in [-0.05, 0) is 57.2 Å². The molecule has 0 bridgehead atoms. The molecule has 1 aliphatic carbocycles. The van der Waals surface area contributed by atoms with E-state index in [4.69, 9.17) is 9.97 Å². The van der Waals surface area contributed by atoms with Crippen LogP contribution in [0, 0.1) is 25.2 Å². The highest BCUT2D eigenvalue weighted by molar-refractivity contribution is 5.91. The van der Waals surface area contributed by atoms with Crippen molar-refractivity contribution in [3.8, 4) is 28.5 Å². The monoisotopic (exact) mass is 615 g/mol. The minimum absolute atomic E-state index is 0.0382. The van der Waals surface area contributed by atoms with Gasteiger partial charge in [0, 0.05) is 67.5 Å². The summed E-state index contributed by atoms with van der Waals surface area (Å²) < 4.78 is 3.55. The van der Waals surface area contributed by atoms with Gasteiger partial charge >= 0.3 is 6.03 Å². The van der Waals surface area contributed by atoms with Crippen LogP contribution < -0.4 is 15.5 Å². The highest BCUT2D eigenvalue weighted by Crippen LogP contribution is 2.31. The topological polar surface area (TPSA) is 142 Å². The average Bonchev–Trinajstić information content (AvgIpc) is 3.62. The smallest absolute Gasteiger partial charge is 0.323 e. The van der Waals surface area contributed by atoms with Crippen molar-refractivity contribution in [1.82, 2.24) is 39.8 Å². The SMILES string of the molecule is Cc1nn(C)c(C)c1-c1nc(NC2CCC(N(C(=O)NCc3ccccc3)c3ccc(-c4cnn(C)c4)cn3)CC2)ncc1C#N. The van der Waals surface area contributed by atoms with Gasteiger partial charge in [-0.25, -0.2) is 19.7 Å². The van der Waals surface area contributed by atoms with Crippen molar-refractivity contribution in [1.29, 1.82) is 5.26 Å². The van der Waals surface area contributed by atoms with Gasteiger partial charge in [0.25, 0.3) is 0 Å². The van der Waals surface area contributed by atoms with Crippen LogP contribution in [0.25, 0.3) is 22.4 Å². The molecule has 2 N–H and O–H groups in total. The summed E-state index contributed by atoms with van der Waals surface area (Å²) in [6, 6.07) is 15.9. The minimum atomic E-state index is -0.177. The van der Waals surface area contributed by atoms with Crippen molar-refractivity contribution >= 4 is 17.8 Å². The number of benzene rings is 1. The Morgan fingerprint density at radius 1 is 1.00 bits per heavy atom. The summed E-state index contributed by atoms with van der Waals surface area (Å²) in [6.07, 6.45) is 10.3. The summed E-state index contributed by atoms with van der Waals surface area (Å²) in [4.78, 5) is 29.5. The summed E-state index contributed by atoms with van der Waals surface area (Å²) in [5.41, 5.74) is 6.53. The van der Waals surface area contributed by atoms with E-state index >= 15 is 0 Å². The number of hydrogen-bond donors (Lipinski definition) is 2. The van der Waals surface area contributed by atoms with Crippen LogP contribution in [-0.4, -0.2) is 52.6 Å². The number of anilines is 2. The number of nitrogens with one attached hydrogen (secondary N) is 2. The molecule has 6 rings (SSSR count). The lowest BCUT2D eigenvalue weighted by Gasteiger charge is -2.36. The standard InChI is InChI=1S/C34H37N11O/c1-22-31(23(2)44(4)42-22)32-26(16-35)19-37-33(41-32)40-28-11-13-29(14-12-28)45(34(46)38-17-24-8-6-5-7-9-24)30-15-10-25(18-36-30)27-20-39-43(3)21-27/h5-10,15,18-21,28-29H,11-14,17H2,1-4H3,(H,38,46)(H,37,40,41). The van der Waals surface area contributed by atoms with E-state index in [1.54, 1.807) is 32.9 Å². The first-order valence-electron chi connectivity index (χ1n) is 15.4. The van der Waals surface area contributed by atoms with Crippen molar-refractivity contribution in [2.24, 2.45) is 14.1 Å². The number of nitrogens with zero attached hydrogens (tertiary/aromatic N) is 9. The van der Waals surface area contributed by atoms with Gasteiger partial charge in [-0.3, -0.25) is 14.3 Å². The van der Waals surface area contributed by atoms with Gasteiger partial charge in [0.15, 0.2) is 0 Å². The first-order chi connectivity index (χ1) is 22.3. The Morgan fingerprint density at radius 3 is 2.41 bits per heavy atom. The number of carbonyl (C=O) groups is 1. The molecule has 0 radical (unpaired) electrons. The third-order valence-electron chi connectivity index (χ3n) is 8.59. The number of urea groups is 1. The summed E-state index contributed by atoms with van der Waals surface area (Å²) in [7, 11) is 3.76. The molecule has 0 unspecified atom stereocenters. The zero-order valence-electron chi connectivity index (χ0n) is 26.5. The van der Waals surface area contributed by atoms with Gasteiger partial charge in [-0.1, -0.05) is 30.3 Å². The third-order valence-corrected chi connectivity index (χ3v) is 8.59. The van der Waals surface area contributed by atoms with Gasteiger partial charge in [-0.15, -0.1) is 0 Å². The normalized spacial score (nSPS) is 16.1. The number of nitriles is 1. The fraction of sp³-hybridized carbons (Fsp3) is 0.324. The van der Waals surface area contributed by atoms with Gasteiger partial charge in [-0.2, -0.15) is 15.5 Å². The molecule has 46 heavy (non-hydrogen) atoms. The van der Waals surface area contributed by atoms with Crippen LogP contribution in [0.4, 0.5) is 16.6 Å². The van der Waals surface area contributed by atoms with E-state index in [2.05, 4.69) is 31.9 Å². The van der Waals surface area contributed by atoms with Crippen LogP contribution in [0.5, 0.6) is 0 Å². The van der Waals surface area contributed by atoms with Gasteiger partial charge < -0.3 is 10.6 Å². The van der Waals surface area contributed by atoms with Crippen LogP contribution >= 0.6 is 0 Å². The molecule has 0 saturated heterocycles. The molecule has 12 nitrogen and oxygen atoms in total. The Balaban J connectivity index is 1.18. The van der Waals surface area contributed by atoms with Gasteiger partial charge in [0.1, 0.15) is 11.9 Å². The lowest BCUT2D eigenvalue weighted by molar-refractivity contribution is 0.240. The van der Waals surface area contributed by atoms with Crippen LogP contribution in [0.2, 0.25) is 0 Å². The van der Waals surface area contributed by atoms with E-state index in [0.717, 1.165) is 59.3 Å². The number of carbonyl (C=O) groups excluding carboxylic acids is 1. The molecule has 2 amide bonds. The zero-order valence-corrected chi connectivity index (χ0v) is 26.5. The molecule has 1 saturated carbocycles. The Bertz CT molecular complexity index is 1860. The molecule has 0 atom stereocenters. The van der Waals surface area contributed by atoms with Crippen molar-refractivity contribution < 1.29 is 4.79 Å². The molecule has 0 spiro atoms. The van der Waals surface area contributed by atoms with E-state index in [0.29, 0.717) is 29.6 Å². The summed E-state index contributed by atoms with van der Waals surface area (Å²) in [5.74, 6) is 1.09. The molecule has 4 aromatic heterocycles. The predicted octanol–water partition coefficient (Wildman–Crippen LogP) is 5.30. The second-order valence-corrected chi connectivity index (χ2v) is 11.7. The number of hydrogen-bond acceptors (Lipinski definition) is 8. The predicted molar refractivity (Wildman–Crippen MR) is 176 cm³/mol. The lowest BCUT2D eigenvalue weighted by atomic mass is 9.90. The van der Waals surface area contributed by atoms with Crippen molar-refractivity contribution in [3.05, 3.63) is 89.8 Å². The maximum Gasteiger partial charge on any atom is 0.323 e. The summed E-state index contributed by atoms with van der Waals surface area (Å²) in [5, 5.41) is 25.1. The van der Waals surface area contributed by atoms with Crippen molar-refractivity contribution in [2.45, 2.75) is 58.2 Å². The molecule has 1 aliphatic rings. The Labute approximate surface area is 268 Å². The molecule has 4 heterocycles. The quantitative estimate of drug-likeness (QED) is 0.239. The number of aromatic nitrogens is 7. The highest BCUT2D eigenvalue weighted by atomic mass is 16.2. The van der Waals surface area contributed by atoms with Gasteiger partial charge in [0.05, 0.1) is 29.3 Å². The van der Waals surface area contributed by atoms with Crippen molar-refractivity contribution in [2.75, 3.05) is 10.2 Å². The molecule has 1 fully saturated rings. The van der Waals surface area contributed by atoms with E-state index in [-0.39, 0.29) is 18.1 Å². The maximum atomic E-state index is 13.7. The van der Waals surface area contributed by atoms with Crippen LogP contribution in [0.1, 0.15) is 48.2 Å². The number of rotatable bonds is 8. The van der Waals surface area contributed by atoms with E-state index in [9.17, 15) is 10.1 Å². The largest absolute Gasteiger partial charge is 0.351 e. The number of amides is 2. The fourth-order valence-corrected chi connectivity index (χ4v) is 6.09. The third kappa shape index (κ3) is 6.44. The number of aryl methyl sites for hydroxylation is 3. The van der Waals surface area contributed by atoms with E-state index < -0.39 is 0 Å². The molecule has 12 heteroatoms. The van der Waals surface area contributed by atoms with Crippen LogP contribution in [0.15, 0.2) is 67.3 Å². The first kappa shape index (κ1) is 30.5. The minimum Gasteiger partial charge on any atom is -0.351 e. The summed E-state index contributed by atoms with van der Waals surface area (Å²) >= 11 is 0. The highest BCUT2D eigenvalue weighted by Gasteiger charge is 2.31. The van der Waals surface area contributed by atoms with E-state index in [1.807, 2.05) is 76.6 Å². The zero-order chi connectivity index (χ0) is 32.2. The van der Waals surface area contributed by atoms with Crippen LogP contribution in [0.3, 0.4) is 0 Å². The molecule has 234 valence electrons. The number of pyridine rings is 1. The second kappa shape index (κ2) is 13.2. The Morgan fingerprint density at radius 2 is 1.78 bits per heavy atom. The van der Waals surface area contributed by atoms with Crippen LogP contribution in [-0.2, 0) is 20.6 Å². The summed E-state index contributed by atoms with van der Waals surface area (Å²) in [6.45, 7) is 4.31. The lowest BCUT2D eigenvalue weighted by Crippen LogP contribution is -2.49. The molecular formula is C34H37N11O. The maximum absolute atomic E-state index is 13.7. The molecule has 0 aliphatic heterocycles. The Kier molecular flexibility index (Phi) is 8.74. The van der Waals surface area contributed by atoms with Crippen molar-refractivity contribution in [3.63, 3.8) is 0 Å². The Hall–Kier alpha value is -5.57. The van der Waals surface area contributed by atoms with Gasteiger partial charge in [0.2, 0.25) is 5.95 Å². The second-order valence-electron chi connectivity index (χ2n) is 11.7.